The van der Waals surface area contributed by atoms with Gasteiger partial charge in [-0.25, -0.2) is 8.78 Å². The number of nitrogens with zero attached hydrogens (tertiary/aromatic N) is 1. The molecule has 1 amide bonds. The Morgan fingerprint density at radius 2 is 1.68 bits per heavy atom. The lowest BCUT2D eigenvalue weighted by Gasteiger charge is -2.35. The molecule has 0 saturated carbocycles. The Bertz CT molecular complexity index is 1520. The van der Waals surface area contributed by atoms with E-state index in [2.05, 4.69) is 15.0 Å². The number of carbonyl (C=O) groups is 1. The van der Waals surface area contributed by atoms with Crippen LogP contribution in [-0.4, -0.2) is 24.0 Å². The van der Waals surface area contributed by atoms with Crippen molar-refractivity contribution in [1.29, 1.82) is 0 Å². The maximum Gasteiger partial charge on any atom is 0.419 e. The molecule has 0 bridgehead atoms. The van der Waals surface area contributed by atoms with Gasteiger partial charge in [-0.05, 0) is 60.0 Å². The number of benzene rings is 3. The topological polar surface area (TPSA) is 51.2 Å². The average Bonchev–Trinajstić information content (AvgIpc) is 2.91. The van der Waals surface area contributed by atoms with Crippen molar-refractivity contribution in [2.75, 3.05) is 6.54 Å². The van der Waals surface area contributed by atoms with Gasteiger partial charge in [0.15, 0.2) is 0 Å². The highest BCUT2D eigenvalue weighted by Crippen LogP contribution is 2.38. The number of amides is 1. The fourth-order valence-electron chi connectivity index (χ4n) is 4.43. The number of ether oxygens (including phenoxy) is 1. The van der Waals surface area contributed by atoms with Crippen molar-refractivity contribution in [2.24, 2.45) is 0 Å². The van der Waals surface area contributed by atoms with Gasteiger partial charge in [-0.1, -0.05) is 41.9 Å². The summed E-state index contributed by atoms with van der Waals surface area (Å²) in [5.41, 5.74) is -2.62. The fraction of sp³-hybridized carbons (Fsp3) is 0.172. The van der Waals surface area contributed by atoms with Gasteiger partial charge in [0.25, 0.3) is 5.91 Å². The fourth-order valence-corrected chi connectivity index (χ4v) is 4.54. The molecule has 1 N–H and O–H groups in total. The third-order valence-electron chi connectivity index (χ3n) is 6.30. The van der Waals surface area contributed by atoms with Gasteiger partial charge in [0, 0.05) is 24.4 Å². The van der Waals surface area contributed by atoms with E-state index in [0.717, 1.165) is 18.2 Å². The second-order valence-corrected chi connectivity index (χ2v) is 9.47. The summed E-state index contributed by atoms with van der Waals surface area (Å²) < 4.78 is 98.9. The van der Waals surface area contributed by atoms with Crippen molar-refractivity contribution in [2.45, 2.75) is 24.6 Å². The standard InChI is InChI=1S/C29H20ClF7N2O2/c30-20-7-9-25(38-15-20)28(14-17-4-2-1-3-5-17,19-11-21(31)13-22(12-19)41-27(33)34)16-39-26(40)18-6-8-24(32)23(10-18)29(35,36)37/h1-13,15,27H,14,16H2,(H,39,40)/t28-/m0/s1. The summed E-state index contributed by atoms with van der Waals surface area (Å²) in [6.45, 7) is -3.66. The van der Waals surface area contributed by atoms with Crippen LogP contribution in [0.5, 0.6) is 5.75 Å². The highest BCUT2D eigenvalue weighted by Gasteiger charge is 2.39. The first-order chi connectivity index (χ1) is 19.4. The molecule has 4 nitrogen and oxygen atoms in total. The molecule has 0 unspecified atom stereocenters. The molecule has 0 fully saturated rings. The summed E-state index contributed by atoms with van der Waals surface area (Å²) in [6.07, 6.45) is -3.73. The molecule has 41 heavy (non-hydrogen) atoms. The van der Waals surface area contributed by atoms with Gasteiger partial charge >= 0.3 is 12.8 Å². The molecule has 0 saturated heterocycles. The maximum atomic E-state index is 14.8. The molecule has 3 aromatic carbocycles. The Hall–Kier alpha value is -4.12. The van der Waals surface area contributed by atoms with Crippen LogP contribution in [0, 0.1) is 11.6 Å². The van der Waals surface area contributed by atoms with E-state index in [0.29, 0.717) is 17.7 Å². The van der Waals surface area contributed by atoms with Gasteiger partial charge in [0.1, 0.15) is 17.4 Å². The molecule has 12 heteroatoms. The van der Waals surface area contributed by atoms with Crippen molar-refractivity contribution in [3.8, 4) is 5.75 Å². The summed E-state index contributed by atoms with van der Waals surface area (Å²) in [5, 5.41) is 2.78. The van der Waals surface area contributed by atoms with Crippen LogP contribution in [0.4, 0.5) is 30.7 Å². The van der Waals surface area contributed by atoms with E-state index in [9.17, 15) is 35.5 Å². The molecular weight excluding hydrogens is 577 g/mol. The molecule has 0 spiro atoms. The minimum absolute atomic E-state index is 0.0253. The van der Waals surface area contributed by atoms with Crippen molar-refractivity contribution in [3.05, 3.63) is 130 Å². The molecule has 214 valence electrons. The van der Waals surface area contributed by atoms with Gasteiger partial charge in [0.05, 0.1) is 21.7 Å². The van der Waals surface area contributed by atoms with Crippen LogP contribution in [0.15, 0.2) is 85.1 Å². The largest absolute Gasteiger partial charge is 0.435 e. The van der Waals surface area contributed by atoms with Crippen molar-refractivity contribution < 1.29 is 40.3 Å². The van der Waals surface area contributed by atoms with Gasteiger partial charge in [-0.15, -0.1) is 0 Å². The van der Waals surface area contributed by atoms with Crippen molar-refractivity contribution in [1.82, 2.24) is 10.3 Å². The molecule has 0 radical (unpaired) electrons. The number of hydrogen-bond donors (Lipinski definition) is 1. The molecule has 1 atom stereocenters. The van der Waals surface area contributed by atoms with Crippen LogP contribution in [-0.2, 0) is 18.0 Å². The van der Waals surface area contributed by atoms with Crippen LogP contribution >= 0.6 is 11.6 Å². The summed E-state index contributed by atoms with van der Waals surface area (Å²) in [6, 6.07) is 16.4. The number of rotatable bonds is 9. The molecular formula is C29H20ClF7N2O2. The molecule has 0 aliphatic rings. The molecule has 0 aliphatic carbocycles. The van der Waals surface area contributed by atoms with Crippen molar-refractivity contribution >= 4 is 17.5 Å². The number of nitrogens with one attached hydrogen (secondary N) is 1. The van der Waals surface area contributed by atoms with Crippen LogP contribution in [0.1, 0.15) is 32.7 Å². The van der Waals surface area contributed by atoms with Gasteiger partial charge in [-0.2, -0.15) is 22.0 Å². The normalized spacial score (nSPS) is 13.1. The Morgan fingerprint density at radius 1 is 0.951 bits per heavy atom. The molecule has 1 heterocycles. The molecule has 0 aliphatic heterocycles. The van der Waals surface area contributed by atoms with E-state index in [1.807, 2.05) is 0 Å². The first-order valence-electron chi connectivity index (χ1n) is 11.9. The van der Waals surface area contributed by atoms with E-state index in [1.165, 1.54) is 24.4 Å². The third kappa shape index (κ3) is 7.15. The summed E-state index contributed by atoms with van der Waals surface area (Å²) >= 11 is 6.03. The van der Waals surface area contributed by atoms with Crippen LogP contribution in [0.25, 0.3) is 0 Å². The lowest BCUT2D eigenvalue weighted by molar-refractivity contribution is -0.140. The van der Waals surface area contributed by atoms with E-state index in [-0.39, 0.29) is 22.7 Å². The summed E-state index contributed by atoms with van der Waals surface area (Å²) in [4.78, 5) is 17.4. The average molecular weight is 597 g/mol. The zero-order valence-electron chi connectivity index (χ0n) is 20.9. The molecule has 4 rings (SSSR count). The quantitative estimate of drug-likeness (QED) is 0.203. The van der Waals surface area contributed by atoms with Crippen LogP contribution < -0.4 is 10.1 Å². The summed E-state index contributed by atoms with van der Waals surface area (Å²) in [5.74, 6) is -3.98. The van der Waals surface area contributed by atoms with E-state index < -0.39 is 59.2 Å². The van der Waals surface area contributed by atoms with Crippen LogP contribution in [0.2, 0.25) is 5.02 Å². The second kappa shape index (κ2) is 12.2. The van der Waals surface area contributed by atoms with E-state index in [4.69, 9.17) is 11.6 Å². The Balaban J connectivity index is 1.85. The minimum Gasteiger partial charge on any atom is -0.435 e. The maximum absolute atomic E-state index is 14.8. The second-order valence-electron chi connectivity index (χ2n) is 9.04. The Morgan fingerprint density at radius 3 is 2.32 bits per heavy atom. The highest BCUT2D eigenvalue weighted by atomic mass is 35.5. The third-order valence-corrected chi connectivity index (χ3v) is 6.52. The Labute approximate surface area is 234 Å². The van der Waals surface area contributed by atoms with E-state index >= 15 is 0 Å². The SMILES string of the molecule is O=C(NC[C@@](Cc1ccccc1)(c1cc(F)cc(OC(F)F)c1)c1ccc(Cl)cn1)c1ccc(F)c(C(F)(F)F)c1. The molecule has 1 aromatic heterocycles. The van der Waals surface area contributed by atoms with Gasteiger partial charge in [0.2, 0.25) is 0 Å². The minimum atomic E-state index is -5.05. The first-order valence-corrected chi connectivity index (χ1v) is 12.3. The van der Waals surface area contributed by atoms with Gasteiger partial charge < -0.3 is 10.1 Å². The lowest BCUT2D eigenvalue weighted by Crippen LogP contribution is -2.44. The number of halogens is 8. The first kappa shape index (κ1) is 29.9. The predicted molar refractivity (Wildman–Crippen MR) is 137 cm³/mol. The summed E-state index contributed by atoms with van der Waals surface area (Å²) in [7, 11) is 0. The smallest absolute Gasteiger partial charge is 0.419 e. The number of hydrogen-bond acceptors (Lipinski definition) is 3. The van der Waals surface area contributed by atoms with E-state index in [1.54, 1.807) is 30.3 Å². The van der Waals surface area contributed by atoms with Crippen LogP contribution in [0.3, 0.4) is 0 Å². The number of pyridine rings is 1. The number of carbonyl (C=O) groups excluding carboxylic acids is 1. The zero-order valence-corrected chi connectivity index (χ0v) is 21.6. The number of alkyl halides is 5. The highest BCUT2D eigenvalue weighted by molar-refractivity contribution is 6.30. The Kier molecular flexibility index (Phi) is 8.86. The lowest BCUT2D eigenvalue weighted by atomic mass is 9.72. The van der Waals surface area contributed by atoms with Gasteiger partial charge in [-0.3, -0.25) is 9.78 Å². The zero-order chi connectivity index (χ0) is 29.8. The number of aromatic nitrogens is 1. The van der Waals surface area contributed by atoms with Crippen molar-refractivity contribution in [3.63, 3.8) is 0 Å². The predicted octanol–water partition coefficient (Wildman–Crippen LogP) is 7.59. The molecule has 4 aromatic rings. The monoisotopic (exact) mass is 596 g/mol.